The third kappa shape index (κ3) is 2.66. The summed E-state index contributed by atoms with van der Waals surface area (Å²) in [7, 11) is 0. The highest BCUT2D eigenvalue weighted by Crippen LogP contribution is 2.35. The molecule has 0 heterocycles. The number of nitrogen functional groups attached to an aromatic ring is 1. The number of halogens is 1. The largest absolute Gasteiger partial charge is 0.478 e. The predicted molar refractivity (Wildman–Crippen MR) is 78.9 cm³/mol. The van der Waals surface area contributed by atoms with Crippen LogP contribution in [-0.4, -0.2) is 16.0 Å². The van der Waals surface area contributed by atoms with Crippen LogP contribution in [0.5, 0.6) is 0 Å². The maximum absolute atomic E-state index is 14.3. The average molecular weight is 305 g/mol. The summed E-state index contributed by atoms with van der Waals surface area (Å²) in [5.41, 5.74) is 4.13. The topological polar surface area (TPSA) is 118 Å². The third-order valence-corrected chi connectivity index (χ3v) is 3.11. The summed E-state index contributed by atoms with van der Waals surface area (Å²) >= 11 is 0. The fraction of sp³-hybridized carbons (Fsp3) is 0.0714. The van der Waals surface area contributed by atoms with Crippen molar-refractivity contribution in [1.29, 1.82) is 0 Å². The summed E-state index contributed by atoms with van der Waals surface area (Å²) in [6, 6.07) is 7.55. The molecule has 0 aliphatic carbocycles. The molecule has 4 N–H and O–H groups in total. The van der Waals surface area contributed by atoms with Crippen molar-refractivity contribution >= 4 is 28.7 Å². The van der Waals surface area contributed by atoms with E-state index in [4.69, 9.17) is 10.8 Å². The monoisotopic (exact) mass is 305 g/mol. The molecule has 0 aliphatic rings. The van der Waals surface area contributed by atoms with Crippen LogP contribution in [0.2, 0.25) is 0 Å². The van der Waals surface area contributed by atoms with Crippen LogP contribution in [0.1, 0.15) is 15.9 Å². The van der Waals surface area contributed by atoms with Gasteiger partial charge in [0.1, 0.15) is 5.69 Å². The Balaban J connectivity index is 2.65. The van der Waals surface area contributed by atoms with E-state index in [1.165, 1.54) is 0 Å². The summed E-state index contributed by atoms with van der Waals surface area (Å²) in [6.45, 7) is 1.75. The van der Waals surface area contributed by atoms with Crippen molar-refractivity contribution < 1.29 is 19.2 Å². The summed E-state index contributed by atoms with van der Waals surface area (Å²) in [5.74, 6) is -2.67. The number of nitro groups is 1. The number of carboxylic acid groups (broad SMARTS) is 1. The molecule has 0 fully saturated rings. The van der Waals surface area contributed by atoms with Crippen molar-refractivity contribution in [2.24, 2.45) is 0 Å². The summed E-state index contributed by atoms with van der Waals surface area (Å²) in [6.07, 6.45) is 0. The standard InChI is InChI=1S/C14H12FN3O4/c1-7-4-2-3-5-9(7)17-13-8(14(19)20)6-10(18(21)22)12(16)11(13)15/h2-6,17H,16H2,1H3,(H,19,20). The molecule has 0 aliphatic heterocycles. The van der Waals surface area contributed by atoms with Gasteiger partial charge in [0.05, 0.1) is 16.2 Å². The van der Waals surface area contributed by atoms with Crippen LogP contribution in [-0.2, 0) is 0 Å². The zero-order valence-electron chi connectivity index (χ0n) is 11.5. The molecular weight excluding hydrogens is 293 g/mol. The molecule has 2 aromatic rings. The lowest BCUT2D eigenvalue weighted by atomic mass is 10.1. The number of rotatable bonds is 4. The minimum atomic E-state index is -1.50. The van der Waals surface area contributed by atoms with E-state index in [0.717, 1.165) is 11.6 Å². The maximum Gasteiger partial charge on any atom is 0.338 e. The number of aryl methyl sites for hydroxylation is 1. The fourth-order valence-corrected chi connectivity index (χ4v) is 1.94. The molecule has 0 aromatic heterocycles. The number of benzene rings is 2. The Kier molecular flexibility index (Phi) is 3.93. The molecule has 0 unspecified atom stereocenters. The average Bonchev–Trinajstić information content (AvgIpc) is 2.45. The zero-order valence-corrected chi connectivity index (χ0v) is 11.5. The molecule has 8 heteroatoms. The minimum Gasteiger partial charge on any atom is -0.478 e. The van der Waals surface area contributed by atoms with Crippen LogP contribution in [0.15, 0.2) is 30.3 Å². The Hall–Kier alpha value is -3.16. The van der Waals surface area contributed by atoms with Gasteiger partial charge in [0.15, 0.2) is 5.82 Å². The Morgan fingerprint density at radius 1 is 1.41 bits per heavy atom. The van der Waals surface area contributed by atoms with E-state index in [2.05, 4.69) is 5.32 Å². The number of nitrogens with zero attached hydrogens (tertiary/aromatic N) is 1. The number of nitrogens with one attached hydrogen (secondary N) is 1. The van der Waals surface area contributed by atoms with Crippen molar-refractivity contribution in [3.63, 3.8) is 0 Å². The van der Waals surface area contributed by atoms with E-state index in [0.29, 0.717) is 5.69 Å². The molecule has 0 saturated heterocycles. The first kappa shape index (κ1) is 15.2. The second-order valence-corrected chi connectivity index (χ2v) is 4.55. The number of carboxylic acids is 1. The number of hydrogen-bond acceptors (Lipinski definition) is 5. The van der Waals surface area contributed by atoms with Crippen LogP contribution in [0.25, 0.3) is 0 Å². The molecule has 114 valence electrons. The molecule has 2 rings (SSSR count). The highest BCUT2D eigenvalue weighted by Gasteiger charge is 2.26. The van der Waals surface area contributed by atoms with Gasteiger partial charge in [0.25, 0.3) is 5.69 Å². The lowest BCUT2D eigenvalue weighted by Gasteiger charge is -2.14. The van der Waals surface area contributed by atoms with Gasteiger partial charge in [0, 0.05) is 11.8 Å². The minimum absolute atomic E-state index is 0.412. The third-order valence-electron chi connectivity index (χ3n) is 3.11. The van der Waals surface area contributed by atoms with E-state index in [1.807, 2.05) is 0 Å². The SMILES string of the molecule is Cc1ccccc1Nc1c(C(=O)O)cc([N+](=O)[O-])c(N)c1F. The van der Waals surface area contributed by atoms with Gasteiger partial charge in [0.2, 0.25) is 0 Å². The summed E-state index contributed by atoms with van der Waals surface area (Å²) in [4.78, 5) is 21.2. The molecule has 0 saturated carbocycles. The van der Waals surface area contributed by atoms with E-state index < -0.39 is 39.3 Å². The number of para-hydroxylation sites is 1. The molecular formula is C14H12FN3O4. The molecule has 0 spiro atoms. The molecule has 0 radical (unpaired) electrons. The van der Waals surface area contributed by atoms with Gasteiger partial charge in [-0.25, -0.2) is 9.18 Å². The molecule has 7 nitrogen and oxygen atoms in total. The highest BCUT2D eigenvalue weighted by atomic mass is 19.1. The Bertz CT molecular complexity index is 777. The van der Waals surface area contributed by atoms with Crippen molar-refractivity contribution in [3.05, 3.63) is 57.4 Å². The number of nitro benzene ring substituents is 1. The van der Waals surface area contributed by atoms with E-state index in [9.17, 15) is 19.3 Å². The number of nitrogens with two attached hydrogens (primary N) is 1. The van der Waals surface area contributed by atoms with E-state index in [-0.39, 0.29) is 0 Å². The highest BCUT2D eigenvalue weighted by molar-refractivity contribution is 5.98. The van der Waals surface area contributed by atoms with Crippen molar-refractivity contribution in [3.8, 4) is 0 Å². The predicted octanol–water partition coefficient (Wildman–Crippen LogP) is 3.07. The van der Waals surface area contributed by atoms with E-state index >= 15 is 0 Å². The first-order chi connectivity index (χ1) is 10.3. The van der Waals surface area contributed by atoms with Crippen LogP contribution in [0, 0.1) is 22.9 Å². The molecule has 0 amide bonds. The summed E-state index contributed by atoms with van der Waals surface area (Å²) < 4.78 is 14.3. The molecule has 0 atom stereocenters. The van der Waals surface area contributed by atoms with Crippen LogP contribution in [0.3, 0.4) is 0 Å². The van der Waals surface area contributed by atoms with Gasteiger partial charge >= 0.3 is 5.97 Å². The summed E-state index contributed by atoms with van der Waals surface area (Å²) in [5, 5.41) is 22.6. The number of anilines is 3. The second kappa shape index (κ2) is 5.68. The lowest BCUT2D eigenvalue weighted by Crippen LogP contribution is -2.10. The van der Waals surface area contributed by atoms with Gasteiger partial charge in [-0.05, 0) is 18.6 Å². The van der Waals surface area contributed by atoms with E-state index in [1.54, 1.807) is 31.2 Å². The Morgan fingerprint density at radius 3 is 2.59 bits per heavy atom. The second-order valence-electron chi connectivity index (χ2n) is 4.55. The molecule has 2 aromatic carbocycles. The van der Waals surface area contributed by atoms with Crippen LogP contribution < -0.4 is 11.1 Å². The quantitative estimate of drug-likeness (QED) is 0.454. The Labute approximate surface area is 124 Å². The first-order valence-corrected chi connectivity index (χ1v) is 6.15. The van der Waals surface area contributed by atoms with Crippen LogP contribution in [0.4, 0.5) is 27.1 Å². The van der Waals surface area contributed by atoms with Crippen molar-refractivity contribution in [2.45, 2.75) is 6.92 Å². The van der Waals surface area contributed by atoms with Gasteiger partial charge in [-0.1, -0.05) is 18.2 Å². The van der Waals surface area contributed by atoms with Crippen LogP contribution >= 0.6 is 0 Å². The van der Waals surface area contributed by atoms with Gasteiger partial charge < -0.3 is 16.2 Å². The number of hydrogen-bond donors (Lipinski definition) is 3. The van der Waals surface area contributed by atoms with Crippen molar-refractivity contribution in [2.75, 3.05) is 11.1 Å². The molecule has 0 bridgehead atoms. The van der Waals surface area contributed by atoms with Gasteiger partial charge in [-0.3, -0.25) is 10.1 Å². The fourth-order valence-electron chi connectivity index (χ4n) is 1.94. The normalized spacial score (nSPS) is 10.3. The zero-order chi connectivity index (χ0) is 16.4. The first-order valence-electron chi connectivity index (χ1n) is 6.15. The number of aromatic carboxylic acids is 1. The molecule has 22 heavy (non-hydrogen) atoms. The van der Waals surface area contributed by atoms with Gasteiger partial charge in [-0.2, -0.15) is 0 Å². The smallest absolute Gasteiger partial charge is 0.338 e. The Morgan fingerprint density at radius 2 is 2.05 bits per heavy atom. The lowest BCUT2D eigenvalue weighted by molar-refractivity contribution is -0.384. The van der Waals surface area contributed by atoms with Crippen molar-refractivity contribution in [1.82, 2.24) is 0 Å². The maximum atomic E-state index is 14.3. The number of carbonyl (C=O) groups is 1. The van der Waals surface area contributed by atoms with Gasteiger partial charge in [-0.15, -0.1) is 0 Å².